The van der Waals surface area contributed by atoms with E-state index in [9.17, 15) is 13.2 Å². The third-order valence-electron chi connectivity index (χ3n) is 4.83. The molecule has 1 heterocycles. The van der Waals surface area contributed by atoms with Gasteiger partial charge < -0.3 is 5.32 Å². The van der Waals surface area contributed by atoms with Gasteiger partial charge in [0.25, 0.3) is 0 Å². The maximum Gasteiger partial charge on any atom is 0.243 e. The van der Waals surface area contributed by atoms with Gasteiger partial charge in [-0.05, 0) is 54.8 Å². The van der Waals surface area contributed by atoms with Gasteiger partial charge in [-0.25, -0.2) is 8.42 Å². The molecule has 0 bridgehead atoms. The number of thioether (sulfide) groups is 1. The van der Waals surface area contributed by atoms with E-state index in [1.807, 2.05) is 6.07 Å². The minimum Gasteiger partial charge on any atom is -0.325 e. The normalized spacial score (nSPS) is 15.5. The quantitative estimate of drug-likeness (QED) is 0.566. The van der Waals surface area contributed by atoms with E-state index in [0.717, 1.165) is 31.2 Å². The van der Waals surface area contributed by atoms with E-state index in [2.05, 4.69) is 5.32 Å². The molecule has 0 aromatic heterocycles. The van der Waals surface area contributed by atoms with Crippen molar-refractivity contribution in [3.63, 3.8) is 0 Å². The second kappa shape index (κ2) is 10.9. The Balaban J connectivity index is 1.52. The SMILES string of the molecule is O=C(CSCc1ccc(Cl)c(Cl)c1)Nc1ccc(S(=O)(=O)N2CCCCCC2)cc1. The molecule has 0 unspecified atom stereocenters. The average Bonchev–Trinajstić information content (AvgIpc) is 3.01. The maximum absolute atomic E-state index is 12.8. The molecule has 1 amide bonds. The zero-order chi connectivity index (χ0) is 21.6. The van der Waals surface area contributed by atoms with Crippen molar-refractivity contribution in [3.05, 3.63) is 58.1 Å². The first-order valence-corrected chi connectivity index (χ1v) is 13.1. The molecule has 9 heteroatoms. The Morgan fingerprint density at radius 3 is 2.27 bits per heavy atom. The van der Waals surface area contributed by atoms with Crippen molar-refractivity contribution < 1.29 is 13.2 Å². The molecule has 0 spiro atoms. The first-order chi connectivity index (χ1) is 14.4. The van der Waals surface area contributed by atoms with Crippen LogP contribution in [0.25, 0.3) is 0 Å². The lowest BCUT2D eigenvalue weighted by Gasteiger charge is -2.20. The van der Waals surface area contributed by atoms with Crippen LogP contribution >= 0.6 is 35.0 Å². The van der Waals surface area contributed by atoms with Crippen LogP contribution < -0.4 is 5.32 Å². The van der Waals surface area contributed by atoms with Gasteiger partial charge in [0.2, 0.25) is 15.9 Å². The zero-order valence-electron chi connectivity index (χ0n) is 16.4. The van der Waals surface area contributed by atoms with Crippen LogP contribution in [-0.2, 0) is 20.6 Å². The van der Waals surface area contributed by atoms with E-state index in [-0.39, 0.29) is 16.6 Å². The number of amides is 1. The molecule has 2 aromatic rings. The fourth-order valence-electron chi connectivity index (χ4n) is 3.23. The number of halogens is 2. The lowest BCUT2D eigenvalue weighted by molar-refractivity contribution is -0.113. The van der Waals surface area contributed by atoms with Gasteiger partial charge in [-0.2, -0.15) is 4.31 Å². The molecule has 0 saturated carbocycles. The molecule has 0 radical (unpaired) electrons. The largest absolute Gasteiger partial charge is 0.325 e. The average molecular weight is 487 g/mol. The first kappa shape index (κ1) is 23.4. The molecule has 1 saturated heterocycles. The molecule has 0 atom stereocenters. The highest BCUT2D eigenvalue weighted by Crippen LogP contribution is 2.25. The molecule has 1 fully saturated rings. The standard InChI is InChI=1S/C21H24Cl2N2O3S2/c22-19-10-5-16(13-20(19)23)14-29-15-21(26)24-17-6-8-18(9-7-17)30(27,28)25-11-3-1-2-4-12-25/h5-10,13H,1-4,11-12,14-15H2,(H,24,26). The summed E-state index contributed by atoms with van der Waals surface area (Å²) in [6.45, 7) is 1.13. The first-order valence-electron chi connectivity index (χ1n) is 9.78. The Morgan fingerprint density at radius 1 is 0.967 bits per heavy atom. The van der Waals surface area contributed by atoms with Gasteiger partial charge in [-0.15, -0.1) is 11.8 Å². The van der Waals surface area contributed by atoms with Gasteiger partial charge in [0, 0.05) is 24.5 Å². The summed E-state index contributed by atoms with van der Waals surface area (Å²) in [7, 11) is -3.49. The lowest BCUT2D eigenvalue weighted by Crippen LogP contribution is -2.31. The topological polar surface area (TPSA) is 66.5 Å². The molecule has 5 nitrogen and oxygen atoms in total. The van der Waals surface area contributed by atoms with E-state index in [4.69, 9.17) is 23.2 Å². The molecule has 30 heavy (non-hydrogen) atoms. The number of nitrogens with one attached hydrogen (secondary N) is 1. The summed E-state index contributed by atoms with van der Waals surface area (Å²) in [5, 5.41) is 3.80. The Hall–Kier alpha value is -1.25. The van der Waals surface area contributed by atoms with Crippen LogP contribution in [0.1, 0.15) is 31.2 Å². The van der Waals surface area contributed by atoms with E-state index >= 15 is 0 Å². The Bertz CT molecular complexity index is 974. The third-order valence-corrected chi connectivity index (χ3v) is 8.48. The number of benzene rings is 2. The van der Waals surface area contributed by atoms with Gasteiger partial charge in [-0.1, -0.05) is 42.1 Å². The number of anilines is 1. The number of hydrogen-bond acceptors (Lipinski definition) is 4. The highest BCUT2D eigenvalue weighted by molar-refractivity contribution is 7.99. The Morgan fingerprint density at radius 2 is 1.63 bits per heavy atom. The molecule has 162 valence electrons. The summed E-state index contributed by atoms with van der Waals surface area (Å²) < 4.78 is 27.2. The molecule has 0 aliphatic carbocycles. The summed E-state index contributed by atoms with van der Waals surface area (Å²) >= 11 is 13.4. The number of nitrogens with zero attached hydrogens (tertiary/aromatic N) is 1. The Labute approximate surface area is 192 Å². The summed E-state index contributed by atoms with van der Waals surface area (Å²) in [5.41, 5.74) is 1.57. The van der Waals surface area contributed by atoms with Crippen molar-refractivity contribution in [3.8, 4) is 0 Å². The summed E-state index contributed by atoms with van der Waals surface area (Å²) in [5.74, 6) is 0.758. The predicted octanol–water partition coefficient (Wildman–Crippen LogP) is 5.43. The van der Waals surface area contributed by atoms with E-state index in [0.29, 0.717) is 34.6 Å². The number of carbonyl (C=O) groups excluding carboxylic acids is 1. The minimum atomic E-state index is -3.49. The van der Waals surface area contributed by atoms with E-state index in [1.54, 1.807) is 40.7 Å². The lowest BCUT2D eigenvalue weighted by atomic mass is 10.2. The van der Waals surface area contributed by atoms with Crippen LogP contribution in [0.4, 0.5) is 5.69 Å². The molecule has 1 aliphatic rings. The highest BCUT2D eigenvalue weighted by Gasteiger charge is 2.24. The number of hydrogen-bond donors (Lipinski definition) is 1. The molecular formula is C21H24Cl2N2O3S2. The van der Waals surface area contributed by atoms with Crippen molar-refractivity contribution in [2.75, 3.05) is 24.2 Å². The number of sulfonamides is 1. The van der Waals surface area contributed by atoms with Crippen molar-refractivity contribution in [2.45, 2.75) is 36.3 Å². The number of carbonyl (C=O) groups is 1. The molecule has 1 aliphatic heterocycles. The van der Waals surface area contributed by atoms with Gasteiger partial charge in [0.05, 0.1) is 20.7 Å². The molecular weight excluding hydrogens is 463 g/mol. The van der Waals surface area contributed by atoms with Gasteiger partial charge in [-0.3, -0.25) is 4.79 Å². The molecule has 2 aromatic carbocycles. The Kier molecular flexibility index (Phi) is 8.48. The molecule has 3 rings (SSSR count). The second-order valence-corrected chi connectivity index (χ2v) is 10.9. The van der Waals surface area contributed by atoms with Crippen LogP contribution in [0.15, 0.2) is 47.4 Å². The van der Waals surface area contributed by atoms with Crippen LogP contribution in [0.2, 0.25) is 10.0 Å². The van der Waals surface area contributed by atoms with Gasteiger partial charge in [0.15, 0.2) is 0 Å². The smallest absolute Gasteiger partial charge is 0.243 e. The minimum absolute atomic E-state index is 0.150. The van der Waals surface area contributed by atoms with Crippen LogP contribution in [0.3, 0.4) is 0 Å². The van der Waals surface area contributed by atoms with E-state index < -0.39 is 10.0 Å². The van der Waals surface area contributed by atoms with Crippen LogP contribution in [0.5, 0.6) is 0 Å². The summed E-state index contributed by atoms with van der Waals surface area (Å²) in [6, 6.07) is 11.8. The predicted molar refractivity (Wildman–Crippen MR) is 125 cm³/mol. The van der Waals surface area contributed by atoms with E-state index in [1.165, 1.54) is 11.8 Å². The monoisotopic (exact) mass is 486 g/mol. The van der Waals surface area contributed by atoms with Crippen molar-refractivity contribution in [1.82, 2.24) is 4.31 Å². The summed E-state index contributed by atoms with van der Waals surface area (Å²) in [4.78, 5) is 12.4. The maximum atomic E-state index is 12.8. The van der Waals surface area contributed by atoms with Crippen LogP contribution in [0, 0.1) is 0 Å². The summed E-state index contributed by atoms with van der Waals surface area (Å²) in [6.07, 6.45) is 3.93. The fourth-order valence-corrected chi connectivity index (χ4v) is 5.84. The van der Waals surface area contributed by atoms with Crippen molar-refractivity contribution in [1.29, 1.82) is 0 Å². The zero-order valence-corrected chi connectivity index (χ0v) is 19.6. The fraction of sp³-hybridized carbons (Fsp3) is 0.381. The van der Waals surface area contributed by atoms with Crippen molar-refractivity contribution >= 4 is 56.6 Å². The second-order valence-electron chi connectivity index (χ2n) is 7.13. The molecule has 1 N–H and O–H groups in total. The third kappa shape index (κ3) is 6.37. The van der Waals surface area contributed by atoms with Gasteiger partial charge >= 0.3 is 0 Å². The highest BCUT2D eigenvalue weighted by atomic mass is 35.5. The van der Waals surface area contributed by atoms with Crippen molar-refractivity contribution in [2.24, 2.45) is 0 Å². The van der Waals surface area contributed by atoms with Gasteiger partial charge in [0.1, 0.15) is 0 Å². The number of rotatable bonds is 7. The van der Waals surface area contributed by atoms with Crippen LogP contribution in [-0.4, -0.2) is 37.5 Å².